The predicted octanol–water partition coefficient (Wildman–Crippen LogP) is 28.0. The van der Waals surface area contributed by atoms with E-state index >= 15 is 26.3 Å². The Morgan fingerprint density at radius 2 is 0.559 bits per heavy atom. The topological polar surface area (TPSA) is 0 Å². The summed E-state index contributed by atoms with van der Waals surface area (Å²) in [6, 6.07) is 29.4. The molecular weight excluding hydrogens is 1630 g/mol. The number of hydrogen-bond donors (Lipinski definition) is 0. The molecule has 0 bridgehead atoms. The van der Waals surface area contributed by atoms with Crippen LogP contribution in [0.3, 0.4) is 0 Å². The van der Waals surface area contributed by atoms with Crippen LogP contribution in [0.15, 0.2) is 107 Å². The van der Waals surface area contributed by atoms with Crippen LogP contribution >= 0.6 is 118 Å². The monoisotopic (exact) mass is 1700 g/mol. The Hall–Kier alpha value is -2.46. The van der Waals surface area contributed by atoms with Gasteiger partial charge in [0, 0.05) is 131 Å². The zero-order chi connectivity index (χ0) is 76.5. The predicted molar refractivity (Wildman–Crippen MR) is 421 cm³/mol. The summed E-state index contributed by atoms with van der Waals surface area (Å²) in [6.45, 7) is 43.9. The second-order valence-electron chi connectivity index (χ2n) is 30.2. The van der Waals surface area contributed by atoms with E-state index in [1.54, 1.807) is 12.1 Å². The minimum Gasteiger partial charge on any atom is -0.343 e. The Balaban J connectivity index is 0.000000295. The minimum atomic E-state index is -6.06. The van der Waals surface area contributed by atoms with Crippen molar-refractivity contribution in [3.63, 3.8) is 0 Å². The van der Waals surface area contributed by atoms with E-state index in [1.807, 2.05) is 112 Å². The van der Waals surface area contributed by atoms with Crippen LogP contribution in [-0.2, 0) is 63.7 Å². The van der Waals surface area contributed by atoms with E-state index in [1.165, 1.54) is 120 Å². The summed E-state index contributed by atoms with van der Waals surface area (Å²) in [4.78, 5) is 16.6. The summed E-state index contributed by atoms with van der Waals surface area (Å²) < 4.78 is 197. The molecular formula is C74H78BrF14LiS12. The van der Waals surface area contributed by atoms with Crippen LogP contribution in [0.1, 0.15) is 185 Å². The third kappa shape index (κ3) is 18.0. The molecule has 0 amide bonds. The number of hydrogen-bond acceptors (Lipinski definition) is 11. The number of alkyl halides is 12. The van der Waals surface area contributed by atoms with Crippen molar-refractivity contribution in [1.29, 1.82) is 0 Å². The molecule has 0 saturated heterocycles. The van der Waals surface area contributed by atoms with E-state index in [9.17, 15) is 35.1 Å². The first-order chi connectivity index (χ1) is 46.0. The average Bonchev–Trinajstić information content (AvgIpc) is 1.52. The van der Waals surface area contributed by atoms with Gasteiger partial charge in [0.1, 0.15) is 0 Å². The molecule has 0 aromatic carbocycles. The van der Waals surface area contributed by atoms with Crippen LogP contribution in [0.4, 0.5) is 61.5 Å². The maximum Gasteiger partial charge on any atom is 1.00 e. The van der Waals surface area contributed by atoms with Gasteiger partial charge in [-0.3, -0.25) is 0 Å². The molecule has 0 N–H and O–H groups in total. The molecule has 0 fully saturated rings. The van der Waals surface area contributed by atoms with Gasteiger partial charge in [-0.05, 0) is 139 Å². The zero-order valence-electron chi connectivity index (χ0n) is 59.9. The Bertz CT molecular complexity index is 4300. The maximum absolute atomic E-state index is 16.9. The normalized spacial score (nSPS) is 16.9. The Kier molecular flexibility index (Phi) is 27.6. The Morgan fingerprint density at radius 1 is 0.353 bits per heavy atom. The van der Waals surface area contributed by atoms with Gasteiger partial charge < -0.3 is 6.92 Å². The number of thiophene rings is 9. The second-order valence-corrected chi connectivity index (χ2v) is 42.5. The second kappa shape index (κ2) is 31.9. The van der Waals surface area contributed by atoms with Crippen molar-refractivity contribution in [2.45, 2.75) is 212 Å². The summed E-state index contributed by atoms with van der Waals surface area (Å²) in [5.41, 5.74) is -3.73. The summed E-state index contributed by atoms with van der Waals surface area (Å²) in [6.07, 6.45) is 2.28. The van der Waals surface area contributed by atoms with Crippen LogP contribution in [0.25, 0.3) is 69.7 Å². The van der Waals surface area contributed by atoms with Gasteiger partial charge in [-0.1, -0.05) is 138 Å². The summed E-state index contributed by atoms with van der Waals surface area (Å²) >= 11 is 25.8. The van der Waals surface area contributed by atoms with E-state index in [-0.39, 0.29) is 72.2 Å². The molecule has 9 aromatic rings. The van der Waals surface area contributed by atoms with Crippen LogP contribution in [0.2, 0.25) is 0 Å². The molecule has 28 heteroatoms. The van der Waals surface area contributed by atoms with Crippen molar-refractivity contribution in [3.8, 4) is 58.5 Å². The standard InChI is InChI=1S/C45H46F6S6.C20H23BrS3.C5F8.C4H9.Li.S3/c1-39(2,3)31-17-13-25(52-31)29-21-23(37(56-29)27-15-19-33(54-27)41(7,8)9)35-36(44(48,49)45(50,51)43(35,46)47)24-22-30(26-14-18-32(53-26)40(4,5)6)57-38(24)28-16-20-34(55-28)42(10,11)12;1-19(2,3)16-9-7-13(22-16)15-11-12(21)18(24-15)14-8-10-17(23-14)20(4,5)6;6-1-2(7)4(10,11)5(12,13)3(1,8)9;1-3-4-2;;1-3-2/h13-22H,1-12H3;7-11H,1-6H3;;1,3-4H2,2H3;;/q;;;-1;+1;. The van der Waals surface area contributed by atoms with Crippen LogP contribution in [0, 0.1) is 6.92 Å². The van der Waals surface area contributed by atoms with E-state index in [0.29, 0.717) is 19.5 Å². The van der Waals surface area contributed by atoms with Crippen molar-refractivity contribution in [2.24, 2.45) is 0 Å². The molecule has 0 saturated carbocycles. The minimum absolute atomic E-state index is 0. The van der Waals surface area contributed by atoms with Crippen LogP contribution in [-0.4, -0.2) is 35.5 Å². The number of halogens is 15. The first-order valence-electron chi connectivity index (χ1n) is 31.5. The molecule has 0 unspecified atom stereocenters. The fraction of sp³-hybridized carbons (Fsp3) is 0.446. The number of rotatable bonds is 9. The Morgan fingerprint density at radius 3 is 0.775 bits per heavy atom. The van der Waals surface area contributed by atoms with Crippen molar-refractivity contribution in [3.05, 3.63) is 154 Å². The third-order valence-corrected chi connectivity index (χ3v) is 30.2. The largest absolute Gasteiger partial charge is 1.00 e. The molecule has 0 radical (unpaired) electrons. The van der Waals surface area contributed by atoms with Gasteiger partial charge in [-0.25, -0.2) is 8.78 Å². The first kappa shape index (κ1) is 88.4. The maximum atomic E-state index is 16.9. The summed E-state index contributed by atoms with van der Waals surface area (Å²) in [5.74, 6) is -40.6. The zero-order valence-corrected chi connectivity index (χ0v) is 71.2. The number of allylic oxidation sites excluding steroid dienone is 4. The number of unbranched alkanes of at least 4 members (excludes halogenated alkanes) is 1. The first-order valence-corrected chi connectivity index (χ1v) is 42.3. The summed E-state index contributed by atoms with van der Waals surface area (Å²) in [7, 11) is 0.917. The molecule has 9 aromatic heterocycles. The van der Waals surface area contributed by atoms with Crippen molar-refractivity contribution < 1.29 is 80.3 Å². The molecule has 11 rings (SSSR count). The molecule has 2 aliphatic carbocycles. The Labute approximate surface area is 659 Å². The fourth-order valence-corrected chi connectivity index (χ4v) is 21.2. The summed E-state index contributed by atoms with van der Waals surface area (Å²) in [5, 5.41) is 0. The molecule has 552 valence electrons. The average molecular weight is 1710 g/mol. The van der Waals surface area contributed by atoms with Gasteiger partial charge in [-0.2, -0.15) is 59.1 Å². The molecule has 2 aliphatic rings. The molecule has 0 aliphatic heterocycles. The van der Waals surface area contributed by atoms with Gasteiger partial charge in [0.25, 0.3) is 0 Å². The van der Waals surface area contributed by atoms with Crippen molar-refractivity contribution in [1.82, 2.24) is 0 Å². The smallest absolute Gasteiger partial charge is 0.343 e. The van der Waals surface area contributed by atoms with Crippen molar-refractivity contribution >= 4 is 160 Å². The SMILES string of the molecule is CC(C)(C)c1ccc(-c2cc(Br)c(-c3ccc(C(C)(C)C)s3)s2)s1.CC(C)(C)c1ccc(-c2cc(C3=C(c4cc(-c5ccc(C(C)(C)C)s5)sc4-c4ccc(C(C)(C)C)s4)C(F)(F)C(F)(F)C3(F)F)c(-c3ccc(C(C)(C)C)s3)s2)s1.FC1=C(F)C(F)(F)C(F)(F)C1(F)F.S=S=S.[CH2-]CCC.[Li+]. The van der Waals surface area contributed by atoms with E-state index in [4.69, 9.17) is 0 Å². The third-order valence-electron chi connectivity index (χ3n) is 15.7. The van der Waals surface area contributed by atoms with Gasteiger partial charge >= 0.3 is 54.4 Å². The van der Waals surface area contributed by atoms with E-state index in [2.05, 4.69) is 166 Å². The van der Waals surface area contributed by atoms with Crippen LogP contribution < -0.4 is 18.9 Å². The fourth-order valence-electron chi connectivity index (χ4n) is 9.81. The van der Waals surface area contributed by atoms with Crippen LogP contribution in [0.5, 0.6) is 0 Å². The molecule has 0 spiro atoms. The molecule has 0 nitrogen and oxygen atoms in total. The van der Waals surface area contributed by atoms with Gasteiger partial charge in [0.15, 0.2) is 0 Å². The molecule has 9 heterocycles. The van der Waals surface area contributed by atoms with Crippen molar-refractivity contribution in [2.75, 3.05) is 0 Å². The molecule has 102 heavy (non-hydrogen) atoms. The van der Waals surface area contributed by atoms with Gasteiger partial charge in [0.2, 0.25) is 11.7 Å². The van der Waals surface area contributed by atoms with E-state index < -0.39 is 58.3 Å². The van der Waals surface area contributed by atoms with Gasteiger partial charge in [0.05, 0.1) is 14.6 Å². The van der Waals surface area contributed by atoms with Gasteiger partial charge in [-0.15, -0.1) is 102 Å². The molecule has 0 atom stereocenters. The van der Waals surface area contributed by atoms with E-state index in [0.717, 1.165) is 44.6 Å². The quantitative estimate of drug-likeness (QED) is 0.0803.